The monoisotopic (exact) mass is 392 g/mol. The van der Waals surface area contributed by atoms with E-state index in [0.717, 1.165) is 10.6 Å². The van der Waals surface area contributed by atoms with Crippen LogP contribution in [0, 0.1) is 5.92 Å². The highest BCUT2D eigenvalue weighted by Crippen LogP contribution is 2.47. The molecular formula is C23H21O4P. The molecule has 1 heterocycles. The number of para-hydroxylation sites is 1. The SMILES string of the molecule is COc1cccc2c1OCC(CP(=O)(c1ccccc1)c1ccccc1)C2=O. The highest BCUT2D eigenvalue weighted by Gasteiger charge is 2.38. The lowest BCUT2D eigenvalue weighted by atomic mass is 9.96. The van der Waals surface area contributed by atoms with Crippen LogP contribution in [0.5, 0.6) is 11.5 Å². The molecule has 0 aromatic heterocycles. The van der Waals surface area contributed by atoms with Crippen molar-refractivity contribution in [1.29, 1.82) is 0 Å². The van der Waals surface area contributed by atoms with Crippen LogP contribution in [0.25, 0.3) is 0 Å². The zero-order chi connectivity index (χ0) is 19.6. The molecule has 0 fully saturated rings. The molecule has 0 N–H and O–H groups in total. The molecule has 0 aliphatic carbocycles. The van der Waals surface area contributed by atoms with Gasteiger partial charge in [0.25, 0.3) is 0 Å². The molecule has 1 aliphatic heterocycles. The first-order valence-electron chi connectivity index (χ1n) is 9.18. The lowest BCUT2D eigenvalue weighted by molar-refractivity contribution is 0.0847. The molecule has 1 aliphatic rings. The molecule has 0 saturated heterocycles. The van der Waals surface area contributed by atoms with E-state index in [4.69, 9.17) is 9.47 Å². The molecule has 142 valence electrons. The van der Waals surface area contributed by atoms with Crippen molar-refractivity contribution < 1.29 is 18.8 Å². The average molecular weight is 392 g/mol. The molecule has 5 heteroatoms. The standard InChI is InChI=1S/C23H21O4P/c1-26-21-14-8-13-20-22(24)17(15-27-23(20)21)16-28(25,18-9-4-2-5-10-18)19-11-6-3-7-12-19/h2-14,17H,15-16H2,1H3. The van der Waals surface area contributed by atoms with Gasteiger partial charge in [-0.1, -0.05) is 66.7 Å². The second-order valence-corrected chi connectivity index (χ2v) is 9.68. The van der Waals surface area contributed by atoms with Crippen LogP contribution < -0.4 is 20.1 Å². The highest BCUT2D eigenvalue weighted by molar-refractivity contribution is 7.78. The first-order chi connectivity index (χ1) is 13.6. The molecule has 0 radical (unpaired) electrons. The van der Waals surface area contributed by atoms with E-state index in [1.54, 1.807) is 25.3 Å². The van der Waals surface area contributed by atoms with E-state index in [1.165, 1.54) is 0 Å². The average Bonchev–Trinajstić information content (AvgIpc) is 2.76. The van der Waals surface area contributed by atoms with Crippen LogP contribution >= 0.6 is 7.14 Å². The smallest absolute Gasteiger partial charge is 0.173 e. The number of hydrogen-bond acceptors (Lipinski definition) is 4. The number of ketones is 1. The summed E-state index contributed by atoms with van der Waals surface area (Å²) in [5.74, 6) is 0.484. The normalized spacial score (nSPS) is 16.2. The van der Waals surface area contributed by atoms with Crippen LogP contribution in [-0.2, 0) is 4.57 Å². The number of hydrogen-bond donors (Lipinski definition) is 0. The van der Waals surface area contributed by atoms with Gasteiger partial charge in [0.15, 0.2) is 17.3 Å². The third kappa shape index (κ3) is 3.25. The van der Waals surface area contributed by atoms with Crippen LogP contribution in [0.3, 0.4) is 0 Å². The van der Waals surface area contributed by atoms with Crippen LogP contribution in [-0.4, -0.2) is 25.7 Å². The summed E-state index contributed by atoms with van der Waals surface area (Å²) in [6, 6.07) is 24.1. The zero-order valence-corrected chi connectivity index (χ0v) is 16.5. The van der Waals surface area contributed by atoms with Gasteiger partial charge in [-0.2, -0.15) is 0 Å². The van der Waals surface area contributed by atoms with Gasteiger partial charge in [-0.15, -0.1) is 0 Å². The zero-order valence-electron chi connectivity index (χ0n) is 15.6. The van der Waals surface area contributed by atoms with Crippen LogP contribution in [0.4, 0.5) is 0 Å². The Morgan fingerprint density at radius 1 is 0.929 bits per heavy atom. The van der Waals surface area contributed by atoms with Gasteiger partial charge < -0.3 is 14.0 Å². The summed E-state index contributed by atoms with van der Waals surface area (Å²) in [5.41, 5.74) is 0.489. The lowest BCUT2D eigenvalue weighted by Crippen LogP contribution is -2.34. The molecule has 0 saturated carbocycles. The summed E-state index contributed by atoms with van der Waals surface area (Å²) in [4.78, 5) is 13.2. The Kier molecular flexibility index (Phi) is 5.06. The summed E-state index contributed by atoms with van der Waals surface area (Å²) < 4.78 is 25.4. The van der Waals surface area contributed by atoms with E-state index in [9.17, 15) is 9.36 Å². The number of methoxy groups -OCH3 is 1. The van der Waals surface area contributed by atoms with E-state index in [1.807, 2.05) is 60.7 Å². The van der Waals surface area contributed by atoms with Crippen molar-refractivity contribution in [3.05, 3.63) is 84.4 Å². The van der Waals surface area contributed by atoms with Gasteiger partial charge in [-0.05, 0) is 12.1 Å². The van der Waals surface area contributed by atoms with Crippen molar-refractivity contribution in [2.75, 3.05) is 19.9 Å². The van der Waals surface area contributed by atoms with Crippen molar-refractivity contribution in [3.8, 4) is 11.5 Å². The Labute approximate surface area is 164 Å². The van der Waals surface area contributed by atoms with Crippen molar-refractivity contribution in [2.24, 2.45) is 5.92 Å². The molecule has 1 atom stereocenters. The molecule has 1 unspecified atom stereocenters. The lowest BCUT2D eigenvalue weighted by Gasteiger charge is -2.29. The van der Waals surface area contributed by atoms with Gasteiger partial charge in [0.1, 0.15) is 7.14 Å². The topological polar surface area (TPSA) is 52.6 Å². The maximum atomic E-state index is 14.2. The summed E-state index contributed by atoms with van der Waals surface area (Å²) in [5, 5.41) is 1.51. The Balaban J connectivity index is 1.73. The quantitative estimate of drug-likeness (QED) is 0.618. The third-order valence-corrected chi connectivity index (χ3v) is 8.31. The fraction of sp³-hybridized carbons (Fsp3) is 0.174. The number of fused-ring (bicyclic) bond motifs is 1. The van der Waals surface area contributed by atoms with Gasteiger partial charge in [0.05, 0.1) is 25.2 Å². The van der Waals surface area contributed by atoms with Crippen LogP contribution in [0.1, 0.15) is 10.4 Å². The highest BCUT2D eigenvalue weighted by atomic mass is 31.2. The number of rotatable bonds is 5. The summed E-state index contributed by atoms with van der Waals surface area (Å²) in [7, 11) is -1.44. The van der Waals surface area contributed by atoms with Gasteiger partial charge in [-0.3, -0.25) is 4.79 Å². The Morgan fingerprint density at radius 2 is 1.54 bits per heavy atom. The van der Waals surface area contributed by atoms with E-state index in [2.05, 4.69) is 0 Å². The summed E-state index contributed by atoms with van der Waals surface area (Å²) in [6.07, 6.45) is 0.233. The molecule has 0 bridgehead atoms. The minimum Gasteiger partial charge on any atom is -0.493 e. The minimum absolute atomic E-state index is 0.0489. The molecule has 3 aromatic carbocycles. The molecule has 0 spiro atoms. The number of carbonyl (C=O) groups is 1. The predicted octanol–water partition coefficient (Wildman–Crippen LogP) is 3.90. The molecule has 28 heavy (non-hydrogen) atoms. The van der Waals surface area contributed by atoms with Crippen molar-refractivity contribution in [2.45, 2.75) is 0 Å². The first-order valence-corrected chi connectivity index (χ1v) is 11.1. The fourth-order valence-corrected chi connectivity index (χ4v) is 6.56. The number of benzene rings is 3. The number of carbonyl (C=O) groups excluding carboxylic acids is 1. The molecule has 4 nitrogen and oxygen atoms in total. The molecular weight excluding hydrogens is 371 g/mol. The van der Waals surface area contributed by atoms with E-state index in [-0.39, 0.29) is 18.6 Å². The van der Waals surface area contributed by atoms with Gasteiger partial charge >= 0.3 is 0 Å². The molecule has 4 rings (SSSR count). The summed E-state index contributed by atoms with van der Waals surface area (Å²) in [6.45, 7) is 0.190. The third-order valence-electron chi connectivity index (χ3n) is 5.09. The van der Waals surface area contributed by atoms with Crippen molar-refractivity contribution in [1.82, 2.24) is 0 Å². The molecule has 0 amide bonds. The maximum absolute atomic E-state index is 14.2. The van der Waals surface area contributed by atoms with E-state index in [0.29, 0.717) is 17.1 Å². The minimum atomic E-state index is -2.99. The van der Waals surface area contributed by atoms with Gasteiger partial charge in [0, 0.05) is 16.8 Å². The fourth-order valence-electron chi connectivity index (χ4n) is 3.64. The molecule has 3 aromatic rings. The van der Waals surface area contributed by atoms with Gasteiger partial charge in [0.2, 0.25) is 0 Å². The van der Waals surface area contributed by atoms with E-state index >= 15 is 0 Å². The van der Waals surface area contributed by atoms with Crippen LogP contribution in [0.15, 0.2) is 78.9 Å². The van der Waals surface area contributed by atoms with Crippen molar-refractivity contribution >= 4 is 23.5 Å². The Morgan fingerprint density at radius 3 is 2.11 bits per heavy atom. The largest absolute Gasteiger partial charge is 0.493 e. The summed E-state index contributed by atoms with van der Waals surface area (Å²) >= 11 is 0. The van der Waals surface area contributed by atoms with Crippen molar-refractivity contribution in [3.63, 3.8) is 0 Å². The Bertz CT molecular complexity index is 987. The maximum Gasteiger partial charge on any atom is 0.173 e. The van der Waals surface area contributed by atoms with Crippen LogP contribution in [0.2, 0.25) is 0 Å². The van der Waals surface area contributed by atoms with E-state index < -0.39 is 13.1 Å². The first kappa shape index (κ1) is 18.5. The second kappa shape index (κ2) is 7.65. The predicted molar refractivity (Wildman–Crippen MR) is 111 cm³/mol. The van der Waals surface area contributed by atoms with Gasteiger partial charge in [-0.25, -0.2) is 0 Å². The number of ether oxygens (including phenoxy) is 2. The second-order valence-electron chi connectivity index (χ2n) is 6.80. The Hall–Kier alpha value is -2.84. The number of Topliss-reactive ketones (excluding diaryl/α,β-unsaturated/α-hetero) is 1.